The van der Waals surface area contributed by atoms with Gasteiger partial charge in [-0.1, -0.05) is 0 Å². The highest BCUT2D eigenvalue weighted by atomic mass is 16.5. The first-order valence-electron chi connectivity index (χ1n) is 13.7. The van der Waals surface area contributed by atoms with Gasteiger partial charge in [-0.2, -0.15) is 5.10 Å². The van der Waals surface area contributed by atoms with Crippen molar-refractivity contribution in [1.82, 2.24) is 29.6 Å². The van der Waals surface area contributed by atoms with Gasteiger partial charge in [-0.25, -0.2) is 9.67 Å². The Morgan fingerprint density at radius 3 is 2.49 bits per heavy atom. The van der Waals surface area contributed by atoms with Crippen LogP contribution in [0.1, 0.15) is 23.0 Å². The third-order valence-corrected chi connectivity index (χ3v) is 6.57. The minimum absolute atomic E-state index is 0.138. The topological polar surface area (TPSA) is 126 Å². The van der Waals surface area contributed by atoms with Crippen molar-refractivity contribution in [2.24, 2.45) is 0 Å². The van der Waals surface area contributed by atoms with Gasteiger partial charge >= 0.3 is 0 Å². The highest BCUT2D eigenvalue weighted by Gasteiger charge is 2.21. The van der Waals surface area contributed by atoms with Crippen LogP contribution < -0.4 is 24.3 Å². The molecule has 1 aromatic carbocycles. The summed E-state index contributed by atoms with van der Waals surface area (Å²) >= 11 is 0. The number of nitrogens with zero attached hydrogens (tertiary/aromatic N) is 6. The minimum atomic E-state index is -0.455. The fraction of sp³-hybridized carbons (Fsp3) is 0.258. The second-order valence-corrected chi connectivity index (χ2v) is 9.75. The lowest BCUT2D eigenvalue weighted by atomic mass is 10.1. The predicted molar refractivity (Wildman–Crippen MR) is 162 cm³/mol. The number of nitrogens with one attached hydrogen (secondary N) is 1. The monoisotopic (exact) mass is 583 g/mol. The molecule has 222 valence electrons. The van der Waals surface area contributed by atoms with Crippen LogP contribution in [0.15, 0.2) is 67.4 Å². The van der Waals surface area contributed by atoms with Crippen molar-refractivity contribution in [2.45, 2.75) is 13.3 Å². The Morgan fingerprint density at radius 1 is 0.953 bits per heavy atom. The van der Waals surface area contributed by atoms with E-state index < -0.39 is 5.91 Å². The molecule has 12 nitrogen and oxygen atoms in total. The van der Waals surface area contributed by atoms with Gasteiger partial charge in [-0.05, 0) is 63.3 Å². The van der Waals surface area contributed by atoms with Crippen LogP contribution in [-0.4, -0.2) is 77.0 Å². The average molecular weight is 584 g/mol. The standard InChI is InChI=1S/C31H33N7O5/c1-6-42-28-19-38(24-18-32-12-9-20(24)11-14-37(2)3)36-30(28)31(39)35-29-8-7-21(17-34-29)43-25-10-13-33-23-16-27(41-5)26(40-4)15-22(23)25/h7-10,12-13,15-19H,6,11,14H2,1-5H3,(H,34,35,39). The van der Waals surface area contributed by atoms with Crippen LogP contribution >= 0.6 is 0 Å². The fourth-order valence-electron chi connectivity index (χ4n) is 4.43. The number of ether oxygens (including phenoxy) is 4. The number of amides is 1. The smallest absolute Gasteiger partial charge is 0.281 e. The summed E-state index contributed by atoms with van der Waals surface area (Å²) in [5, 5.41) is 8.11. The van der Waals surface area contributed by atoms with E-state index in [-0.39, 0.29) is 5.69 Å². The van der Waals surface area contributed by atoms with E-state index in [1.165, 1.54) is 6.20 Å². The van der Waals surface area contributed by atoms with Gasteiger partial charge in [-0.15, -0.1) is 0 Å². The summed E-state index contributed by atoms with van der Waals surface area (Å²) in [6, 6.07) is 10.7. The van der Waals surface area contributed by atoms with E-state index in [1.807, 2.05) is 33.2 Å². The van der Waals surface area contributed by atoms with Crippen molar-refractivity contribution < 1.29 is 23.7 Å². The quantitative estimate of drug-likeness (QED) is 0.219. The molecule has 0 atom stereocenters. The summed E-state index contributed by atoms with van der Waals surface area (Å²) in [7, 11) is 7.19. The second-order valence-electron chi connectivity index (χ2n) is 9.75. The molecule has 0 fully saturated rings. The molecular formula is C31H33N7O5. The molecular weight excluding hydrogens is 550 g/mol. The Labute approximate surface area is 249 Å². The molecule has 4 aromatic heterocycles. The molecule has 43 heavy (non-hydrogen) atoms. The summed E-state index contributed by atoms with van der Waals surface area (Å²) < 4.78 is 24.3. The van der Waals surface area contributed by atoms with Crippen molar-refractivity contribution in [3.05, 3.63) is 78.6 Å². The fourth-order valence-corrected chi connectivity index (χ4v) is 4.43. The number of aromatic nitrogens is 5. The molecule has 5 aromatic rings. The number of carbonyl (C=O) groups is 1. The highest BCUT2D eigenvalue weighted by molar-refractivity contribution is 6.04. The number of likely N-dealkylation sites (N-methyl/N-ethyl adjacent to an activating group) is 1. The van der Waals surface area contributed by atoms with Crippen LogP contribution in [0.25, 0.3) is 16.6 Å². The maximum absolute atomic E-state index is 13.3. The Balaban J connectivity index is 1.34. The maximum Gasteiger partial charge on any atom is 0.281 e. The summed E-state index contributed by atoms with van der Waals surface area (Å²) in [5.74, 6) is 2.41. The third-order valence-electron chi connectivity index (χ3n) is 6.57. The normalized spacial score (nSPS) is 11.0. The van der Waals surface area contributed by atoms with E-state index >= 15 is 0 Å². The van der Waals surface area contributed by atoms with E-state index in [0.717, 1.165) is 29.6 Å². The van der Waals surface area contributed by atoms with Crippen molar-refractivity contribution >= 4 is 22.6 Å². The van der Waals surface area contributed by atoms with Crippen molar-refractivity contribution in [3.63, 3.8) is 0 Å². The molecule has 1 amide bonds. The van der Waals surface area contributed by atoms with Crippen LogP contribution in [-0.2, 0) is 6.42 Å². The molecule has 0 saturated heterocycles. The SMILES string of the molecule is CCOc1cn(-c2cnccc2CCN(C)C)nc1C(=O)Nc1ccc(Oc2ccnc3cc(OC)c(OC)cc23)cn1. The van der Waals surface area contributed by atoms with Crippen molar-refractivity contribution in [3.8, 4) is 34.4 Å². The summed E-state index contributed by atoms with van der Waals surface area (Å²) in [6.45, 7) is 3.08. The molecule has 0 aliphatic rings. The van der Waals surface area contributed by atoms with Crippen LogP contribution in [0.2, 0.25) is 0 Å². The Bertz CT molecular complexity index is 1720. The molecule has 0 saturated carbocycles. The van der Waals surface area contributed by atoms with Crippen LogP contribution in [0.5, 0.6) is 28.7 Å². The minimum Gasteiger partial charge on any atom is -0.493 e. The van der Waals surface area contributed by atoms with E-state index in [0.29, 0.717) is 46.7 Å². The Morgan fingerprint density at radius 2 is 1.77 bits per heavy atom. The molecule has 0 radical (unpaired) electrons. The summed E-state index contributed by atoms with van der Waals surface area (Å²) in [6.07, 6.45) is 9.15. The molecule has 1 N–H and O–H groups in total. The van der Waals surface area contributed by atoms with Crippen molar-refractivity contribution in [1.29, 1.82) is 0 Å². The van der Waals surface area contributed by atoms with E-state index in [1.54, 1.807) is 68.0 Å². The number of anilines is 1. The molecule has 0 bridgehead atoms. The summed E-state index contributed by atoms with van der Waals surface area (Å²) in [5.41, 5.74) is 2.66. The van der Waals surface area contributed by atoms with Gasteiger partial charge in [0, 0.05) is 30.4 Å². The summed E-state index contributed by atoms with van der Waals surface area (Å²) in [4.78, 5) is 28.4. The van der Waals surface area contributed by atoms with Gasteiger partial charge in [0.05, 0.1) is 50.6 Å². The Hall–Kier alpha value is -5.23. The highest BCUT2D eigenvalue weighted by Crippen LogP contribution is 2.36. The Kier molecular flexibility index (Phi) is 8.96. The largest absolute Gasteiger partial charge is 0.493 e. The number of fused-ring (bicyclic) bond motifs is 1. The van der Waals surface area contributed by atoms with Gasteiger partial charge in [0.1, 0.15) is 17.3 Å². The van der Waals surface area contributed by atoms with Crippen LogP contribution in [0.4, 0.5) is 5.82 Å². The van der Waals surface area contributed by atoms with Crippen molar-refractivity contribution in [2.75, 3.05) is 46.8 Å². The van der Waals surface area contributed by atoms with E-state index in [2.05, 4.69) is 30.3 Å². The predicted octanol–water partition coefficient (Wildman–Crippen LogP) is 4.78. The molecule has 4 heterocycles. The first-order valence-corrected chi connectivity index (χ1v) is 13.7. The number of rotatable bonds is 12. The second kappa shape index (κ2) is 13.2. The zero-order valence-corrected chi connectivity index (χ0v) is 24.7. The zero-order valence-electron chi connectivity index (χ0n) is 24.7. The van der Waals surface area contributed by atoms with Gasteiger partial charge in [-0.3, -0.25) is 14.8 Å². The number of carbonyl (C=O) groups excluding carboxylic acids is 1. The lowest BCUT2D eigenvalue weighted by Crippen LogP contribution is -2.17. The van der Waals surface area contributed by atoms with E-state index in [4.69, 9.17) is 18.9 Å². The van der Waals surface area contributed by atoms with E-state index in [9.17, 15) is 4.79 Å². The molecule has 0 aliphatic heterocycles. The van der Waals surface area contributed by atoms with Gasteiger partial charge in [0.25, 0.3) is 5.91 Å². The zero-order chi connectivity index (χ0) is 30.3. The molecule has 0 unspecified atom stereocenters. The number of pyridine rings is 3. The molecule has 0 aliphatic carbocycles. The molecule has 5 rings (SSSR count). The lowest BCUT2D eigenvalue weighted by Gasteiger charge is -2.12. The average Bonchev–Trinajstić information content (AvgIpc) is 3.44. The third kappa shape index (κ3) is 6.65. The molecule has 12 heteroatoms. The maximum atomic E-state index is 13.3. The van der Waals surface area contributed by atoms with Gasteiger partial charge in [0.15, 0.2) is 22.9 Å². The number of benzene rings is 1. The van der Waals surface area contributed by atoms with Gasteiger partial charge < -0.3 is 29.2 Å². The first kappa shape index (κ1) is 29.3. The molecule has 0 spiro atoms. The number of methoxy groups -OCH3 is 2. The number of hydrogen-bond acceptors (Lipinski definition) is 10. The van der Waals surface area contributed by atoms with Crippen LogP contribution in [0.3, 0.4) is 0 Å². The van der Waals surface area contributed by atoms with Crippen LogP contribution in [0, 0.1) is 0 Å². The number of hydrogen-bond donors (Lipinski definition) is 1. The first-order chi connectivity index (χ1) is 20.9. The van der Waals surface area contributed by atoms with Gasteiger partial charge in [0.2, 0.25) is 0 Å². The lowest BCUT2D eigenvalue weighted by molar-refractivity contribution is 0.101.